The predicted octanol–water partition coefficient (Wildman–Crippen LogP) is 2.30. The summed E-state index contributed by atoms with van der Waals surface area (Å²) < 4.78 is 0. The molecule has 2 aliphatic heterocycles. The highest BCUT2D eigenvalue weighted by Crippen LogP contribution is 2.33. The number of hydrogen-bond acceptors (Lipinski definition) is 2. The van der Waals surface area contributed by atoms with Crippen LogP contribution in [0.3, 0.4) is 0 Å². The third-order valence-electron chi connectivity index (χ3n) is 3.87. The average Bonchev–Trinajstić information content (AvgIpc) is 2.14. The Morgan fingerprint density at radius 1 is 1.27 bits per heavy atom. The molecule has 0 amide bonds. The van der Waals surface area contributed by atoms with Crippen molar-refractivity contribution >= 4 is 0 Å². The summed E-state index contributed by atoms with van der Waals surface area (Å²) >= 11 is 0. The Balaban J connectivity index is 2.01. The lowest BCUT2D eigenvalue weighted by molar-refractivity contribution is 0.0424. The van der Waals surface area contributed by atoms with Gasteiger partial charge in [-0.2, -0.15) is 0 Å². The number of nitrogens with two attached hydrogens (primary N) is 1. The van der Waals surface area contributed by atoms with Gasteiger partial charge in [0, 0.05) is 24.7 Å². The van der Waals surface area contributed by atoms with E-state index in [1.165, 1.54) is 37.7 Å². The molecule has 2 bridgehead atoms. The van der Waals surface area contributed by atoms with Crippen LogP contribution in [0.2, 0.25) is 0 Å². The van der Waals surface area contributed by atoms with Crippen LogP contribution in [0.4, 0.5) is 0 Å². The van der Waals surface area contributed by atoms with Gasteiger partial charge in [0.25, 0.3) is 0 Å². The lowest BCUT2D eigenvalue weighted by atomic mass is 9.82. The molecular weight excluding hydrogens is 184 g/mol. The third kappa shape index (κ3) is 2.61. The molecule has 2 heterocycles. The molecule has 2 atom stereocenters. The molecule has 0 aromatic carbocycles. The fraction of sp³-hybridized carbons (Fsp3) is 0.846. The van der Waals surface area contributed by atoms with Crippen molar-refractivity contribution in [2.24, 2.45) is 5.73 Å². The largest absolute Gasteiger partial charge is 0.328 e. The van der Waals surface area contributed by atoms with E-state index in [0.717, 1.165) is 18.6 Å². The summed E-state index contributed by atoms with van der Waals surface area (Å²) in [6.07, 6.45) is 8.93. The van der Waals surface area contributed by atoms with E-state index in [2.05, 4.69) is 24.8 Å². The summed E-state index contributed by atoms with van der Waals surface area (Å²) in [4.78, 5) is 2.69. The molecule has 2 nitrogen and oxygen atoms in total. The topological polar surface area (TPSA) is 29.3 Å². The molecule has 0 aromatic heterocycles. The van der Waals surface area contributed by atoms with E-state index in [0.29, 0.717) is 6.04 Å². The van der Waals surface area contributed by atoms with Gasteiger partial charge in [-0.1, -0.05) is 18.1 Å². The first-order chi connectivity index (χ1) is 7.16. The van der Waals surface area contributed by atoms with Crippen LogP contribution in [0.15, 0.2) is 11.6 Å². The molecule has 0 radical (unpaired) electrons. The van der Waals surface area contributed by atoms with E-state index in [9.17, 15) is 0 Å². The summed E-state index contributed by atoms with van der Waals surface area (Å²) in [7, 11) is 0. The van der Waals surface area contributed by atoms with Gasteiger partial charge in [-0.25, -0.2) is 0 Å². The van der Waals surface area contributed by atoms with Gasteiger partial charge in [0.1, 0.15) is 0 Å². The predicted molar refractivity (Wildman–Crippen MR) is 64.8 cm³/mol. The van der Waals surface area contributed by atoms with Gasteiger partial charge in [-0.05, 0) is 39.5 Å². The standard InChI is InChI=1S/C13H24N2/c1-10(2)6-7-15-12-4-3-5-13(15)9-11(14)8-12/h6,11-13H,3-5,7-9,14H2,1-2H3. The Morgan fingerprint density at radius 3 is 2.40 bits per heavy atom. The highest BCUT2D eigenvalue weighted by molar-refractivity contribution is 5.00. The molecule has 2 N–H and O–H groups in total. The zero-order chi connectivity index (χ0) is 10.8. The van der Waals surface area contributed by atoms with Crippen molar-refractivity contribution in [2.75, 3.05) is 6.54 Å². The van der Waals surface area contributed by atoms with E-state index in [1.54, 1.807) is 0 Å². The Morgan fingerprint density at radius 2 is 1.87 bits per heavy atom. The summed E-state index contributed by atoms with van der Waals surface area (Å²) in [6, 6.07) is 1.99. The van der Waals surface area contributed by atoms with Crippen molar-refractivity contribution in [1.29, 1.82) is 0 Å². The average molecular weight is 208 g/mol. The summed E-state index contributed by atoms with van der Waals surface area (Å²) in [5.41, 5.74) is 7.53. The van der Waals surface area contributed by atoms with Crippen LogP contribution in [-0.4, -0.2) is 29.6 Å². The van der Waals surface area contributed by atoms with Crippen molar-refractivity contribution in [2.45, 2.75) is 64.1 Å². The third-order valence-corrected chi connectivity index (χ3v) is 3.87. The van der Waals surface area contributed by atoms with Gasteiger partial charge in [0.05, 0.1) is 0 Å². The normalized spacial score (nSPS) is 36.3. The first-order valence-corrected chi connectivity index (χ1v) is 6.31. The summed E-state index contributed by atoms with van der Waals surface area (Å²) in [5, 5.41) is 0. The minimum atomic E-state index is 0.461. The van der Waals surface area contributed by atoms with Crippen LogP contribution in [0.5, 0.6) is 0 Å². The molecule has 2 fully saturated rings. The molecule has 0 aliphatic carbocycles. The maximum absolute atomic E-state index is 6.10. The number of hydrogen-bond donors (Lipinski definition) is 1. The van der Waals surface area contributed by atoms with Gasteiger partial charge in [0.2, 0.25) is 0 Å². The number of nitrogens with zero attached hydrogens (tertiary/aromatic N) is 1. The first kappa shape index (κ1) is 11.2. The SMILES string of the molecule is CC(C)=CCN1C2CCCC1CC(N)C2. The van der Waals surface area contributed by atoms with Crippen LogP contribution in [0.25, 0.3) is 0 Å². The second kappa shape index (κ2) is 4.67. The van der Waals surface area contributed by atoms with Crippen LogP contribution < -0.4 is 5.73 Å². The zero-order valence-corrected chi connectivity index (χ0v) is 10.1. The van der Waals surface area contributed by atoms with Crippen LogP contribution in [0.1, 0.15) is 46.0 Å². The maximum Gasteiger partial charge on any atom is 0.0171 e. The Hall–Kier alpha value is -0.340. The minimum Gasteiger partial charge on any atom is -0.328 e. The number of fused-ring (bicyclic) bond motifs is 2. The van der Waals surface area contributed by atoms with Crippen molar-refractivity contribution < 1.29 is 0 Å². The van der Waals surface area contributed by atoms with Crippen molar-refractivity contribution in [3.63, 3.8) is 0 Å². The maximum atomic E-state index is 6.10. The molecule has 0 aromatic rings. The van der Waals surface area contributed by atoms with Gasteiger partial charge >= 0.3 is 0 Å². The minimum absolute atomic E-state index is 0.461. The van der Waals surface area contributed by atoms with E-state index in [1.807, 2.05) is 0 Å². The Kier molecular flexibility index (Phi) is 3.47. The summed E-state index contributed by atoms with van der Waals surface area (Å²) in [6.45, 7) is 5.52. The zero-order valence-electron chi connectivity index (χ0n) is 10.1. The lowest BCUT2D eigenvalue weighted by Gasteiger charge is -2.48. The van der Waals surface area contributed by atoms with E-state index in [-0.39, 0.29) is 0 Å². The Bertz CT molecular complexity index is 229. The van der Waals surface area contributed by atoms with E-state index < -0.39 is 0 Å². The quantitative estimate of drug-likeness (QED) is 0.706. The van der Waals surface area contributed by atoms with Gasteiger partial charge in [-0.15, -0.1) is 0 Å². The fourth-order valence-corrected chi connectivity index (χ4v) is 3.11. The molecule has 2 heteroatoms. The highest BCUT2D eigenvalue weighted by atomic mass is 15.2. The smallest absolute Gasteiger partial charge is 0.0171 e. The number of rotatable bonds is 2. The lowest BCUT2D eigenvalue weighted by Crippen LogP contribution is -2.55. The van der Waals surface area contributed by atoms with Gasteiger partial charge in [0.15, 0.2) is 0 Å². The molecule has 15 heavy (non-hydrogen) atoms. The van der Waals surface area contributed by atoms with Crippen molar-refractivity contribution in [3.8, 4) is 0 Å². The molecule has 0 spiro atoms. The molecule has 2 rings (SSSR count). The van der Waals surface area contributed by atoms with Crippen LogP contribution >= 0.6 is 0 Å². The monoisotopic (exact) mass is 208 g/mol. The van der Waals surface area contributed by atoms with Gasteiger partial charge < -0.3 is 5.73 Å². The van der Waals surface area contributed by atoms with Crippen molar-refractivity contribution in [1.82, 2.24) is 4.90 Å². The first-order valence-electron chi connectivity index (χ1n) is 6.31. The molecular formula is C13H24N2. The van der Waals surface area contributed by atoms with E-state index >= 15 is 0 Å². The van der Waals surface area contributed by atoms with Crippen molar-refractivity contribution in [3.05, 3.63) is 11.6 Å². The van der Waals surface area contributed by atoms with E-state index in [4.69, 9.17) is 5.73 Å². The molecule has 2 saturated heterocycles. The Labute approximate surface area is 93.5 Å². The number of piperidine rings is 2. The molecule has 2 aliphatic rings. The molecule has 2 unspecified atom stereocenters. The molecule has 0 saturated carbocycles. The van der Waals surface area contributed by atoms with Gasteiger partial charge in [-0.3, -0.25) is 4.90 Å². The fourth-order valence-electron chi connectivity index (χ4n) is 3.11. The molecule has 86 valence electrons. The van der Waals surface area contributed by atoms with Crippen LogP contribution in [0, 0.1) is 0 Å². The van der Waals surface area contributed by atoms with Crippen LogP contribution in [-0.2, 0) is 0 Å². The summed E-state index contributed by atoms with van der Waals surface area (Å²) in [5.74, 6) is 0. The highest BCUT2D eigenvalue weighted by Gasteiger charge is 2.36. The number of allylic oxidation sites excluding steroid dienone is 1. The second-order valence-corrected chi connectivity index (χ2v) is 5.45. The second-order valence-electron chi connectivity index (χ2n) is 5.45.